The molecule has 1 heterocycles. The molecule has 0 spiro atoms. The second-order valence-corrected chi connectivity index (χ2v) is 11.5. The molecule has 2 aliphatic rings. The van der Waals surface area contributed by atoms with Gasteiger partial charge in [-0.15, -0.1) is 0 Å². The summed E-state index contributed by atoms with van der Waals surface area (Å²) >= 11 is 12.6. The van der Waals surface area contributed by atoms with Crippen molar-refractivity contribution < 1.29 is 22.7 Å². The number of hydrogen-bond acceptors (Lipinski definition) is 5. The van der Waals surface area contributed by atoms with Crippen LogP contribution in [0.15, 0.2) is 12.1 Å². The van der Waals surface area contributed by atoms with E-state index in [9.17, 15) is 18.0 Å². The molecular weight excluding hydrogens is 463 g/mol. The lowest BCUT2D eigenvalue weighted by Gasteiger charge is -2.17. The number of ether oxygens (including phenoxy) is 1. The summed E-state index contributed by atoms with van der Waals surface area (Å²) in [6.07, 6.45) is 4.14. The maximum absolute atomic E-state index is 12.6. The largest absolute Gasteiger partial charge is 0.492 e. The van der Waals surface area contributed by atoms with E-state index in [-0.39, 0.29) is 35.9 Å². The SMILES string of the molecule is C[C@@H](CS(=O)(=O)CCCCCN1CC(=O)NC1=O)c1cc(OCC2CC2)c(Cl)cc1Cl. The summed E-state index contributed by atoms with van der Waals surface area (Å²) in [5.41, 5.74) is 0.713. The molecular formula is C21H28Cl2N2O5S. The number of halogens is 2. The molecule has 0 bridgehead atoms. The Balaban J connectivity index is 1.47. The molecule has 1 saturated heterocycles. The summed E-state index contributed by atoms with van der Waals surface area (Å²) in [7, 11) is -3.28. The zero-order chi connectivity index (χ0) is 22.6. The van der Waals surface area contributed by atoms with Gasteiger partial charge in [-0.25, -0.2) is 13.2 Å². The topological polar surface area (TPSA) is 92.8 Å². The smallest absolute Gasteiger partial charge is 0.324 e. The van der Waals surface area contributed by atoms with E-state index in [4.69, 9.17) is 27.9 Å². The Morgan fingerprint density at radius 2 is 1.90 bits per heavy atom. The quantitative estimate of drug-likeness (QED) is 0.352. The third-order valence-corrected chi connectivity index (χ3v) is 8.05. The summed E-state index contributed by atoms with van der Waals surface area (Å²) in [5, 5.41) is 3.09. The van der Waals surface area contributed by atoms with Gasteiger partial charge < -0.3 is 9.64 Å². The van der Waals surface area contributed by atoms with Gasteiger partial charge in [0, 0.05) is 11.6 Å². The first kappa shape index (κ1) is 24.1. The number of imide groups is 1. The van der Waals surface area contributed by atoms with E-state index in [2.05, 4.69) is 5.32 Å². The van der Waals surface area contributed by atoms with Gasteiger partial charge in [-0.2, -0.15) is 0 Å². The van der Waals surface area contributed by atoms with Gasteiger partial charge in [0.1, 0.15) is 12.3 Å². The molecule has 2 fully saturated rings. The first-order valence-electron chi connectivity index (χ1n) is 10.6. The highest BCUT2D eigenvalue weighted by atomic mass is 35.5. The summed E-state index contributed by atoms with van der Waals surface area (Å²) < 4.78 is 31.0. The summed E-state index contributed by atoms with van der Waals surface area (Å²) in [6, 6.07) is 2.99. The molecule has 1 aliphatic carbocycles. The minimum Gasteiger partial charge on any atom is -0.492 e. The van der Waals surface area contributed by atoms with Crippen LogP contribution < -0.4 is 10.1 Å². The summed E-state index contributed by atoms with van der Waals surface area (Å²) in [4.78, 5) is 24.1. The highest BCUT2D eigenvalue weighted by molar-refractivity contribution is 7.91. The predicted molar refractivity (Wildman–Crippen MR) is 121 cm³/mol. The fourth-order valence-corrected chi connectivity index (χ4v) is 5.92. The fourth-order valence-electron chi connectivity index (χ4n) is 3.54. The number of hydrogen-bond donors (Lipinski definition) is 1. The van der Waals surface area contributed by atoms with E-state index in [0.29, 0.717) is 59.7 Å². The van der Waals surface area contributed by atoms with Gasteiger partial charge in [-0.3, -0.25) is 10.1 Å². The van der Waals surface area contributed by atoms with Gasteiger partial charge >= 0.3 is 6.03 Å². The van der Waals surface area contributed by atoms with Crippen LogP contribution in [0.4, 0.5) is 4.79 Å². The van der Waals surface area contributed by atoms with E-state index in [1.165, 1.54) is 4.90 Å². The van der Waals surface area contributed by atoms with Crippen molar-refractivity contribution >= 4 is 45.0 Å². The van der Waals surface area contributed by atoms with Crippen LogP contribution in [0.1, 0.15) is 50.5 Å². The van der Waals surface area contributed by atoms with Crippen molar-refractivity contribution in [1.29, 1.82) is 0 Å². The van der Waals surface area contributed by atoms with Crippen molar-refractivity contribution in [3.8, 4) is 5.75 Å². The van der Waals surface area contributed by atoms with E-state index < -0.39 is 9.84 Å². The Hall–Kier alpha value is -1.51. The zero-order valence-corrected chi connectivity index (χ0v) is 19.9. The van der Waals surface area contributed by atoms with Crippen molar-refractivity contribution in [1.82, 2.24) is 10.2 Å². The van der Waals surface area contributed by atoms with Crippen LogP contribution in [-0.4, -0.2) is 56.5 Å². The molecule has 1 saturated carbocycles. The van der Waals surface area contributed by atoms with E-state index in [1.807, 2.05) is 6.92 Å². The molecule has 1 N–H and O–H groups in total. The lowest BCUT2D eigenvalue weighted by molar-refractivity contribution is -0.118. The van der Waals surface area contributed by atoms with Gasteiger partial charge in [-0.05, 0) is 55.2 Å². The molecule has 1 aliphatic heterocycles. The summed E-state index contributed by atoms with van der Waals surface area (Å²) in [6.45, 7) is 2.96. The number of unbranched alkanes of at least 4 members (excludes halogenated alkanes) is 2. The third-order valence-electron chi connectivity index (χ3n) is 5.51. The third kappa shape index (κ3) is 7.26. The van der Waals surface area contributed by atoms with Gasteiger partial charge in [0.25, 0.3) is 0 Å². The van der Waals surface area contributed by atoms with Gasteiger partial charge in [0.05, 0.1) is 23.1 Å². The van der Waals surface area contributed by atoms with Crippen LogP contribution in [0.2, 0.25) is 10.0 Å². The van der Waals surface area contributed by atoms with Crippen LogP contribution >= 0.6 is 23.2 Å². The molecule has 10 heteroatoms. The molecule has 7 nitrogen and oxygen atoms in total. The molecule has 0 radical (unpaired) electrons. The van der Waals surface area contributed by atoms with Crippen molar-refractivity contribution in [2.45, 2.75) is 44.9 Å². The molecule has 1 aromatic rings. The average molecular weight is 491 g/mol. The van der Waals surface area contributed by atoms with Gasteiger partial charge in [0.2, 0.25) is 5.91 Å². The minimum atomic E-state index is -3.28. The Labute approximate surface area is 193 Å². The molecule has 0 unspecified atom stereocenters. The Bertz CT molecular complexity index is 934. The normalized spacial score (nSPS) is 17.7. The lowest BCUT2D eigenvalue weighted by atomic mass is 10.0. The van der Waals surface area contributed by atoms with Crippen molar-refractivity contribution in [2.75, 3.05) is 31.2 Å². The number of carbonyl (C=O) groups is 2. The Morgan fingerprint density at radius 1 is 1.16 bits per heavy atom. The number of benzene rings is 1. The number of nitrogens with one attached hydrogen (secondary N) is 1. The van der Waals surface area contributed by atoms with E-state index >= 15 is 0 Å². The number of carbonyl (C=O) groups excluding carboxylic acids is 2. The number of nitrogens with zero attached hydrogens (tertiary/aromatic N) is 1. The van der Waals surface area contributed by atoms with Crippen molar-refractivity contribution in [2.24, 2.45) is 5.92 Å². The molecule has 31 heavy (non-hydrogen) atoms. The molecule has 3 amide bonds. The zero-order valence-electron chi connectivity index (χ0n) is 17.5. The first-order chi connectivity index (χ1) is 14.6. The number of urea groups is 1. The van der Waals surface area contributed by atoms with Crippen LogP contribution in [0.25, 0.3) is 0 Å². The monoisotopic (exact) mass is 490 g/mol. The van der Waals surface area contributed by atoms with E-state index in [0.717, 1.165) is 12.8 Å². The minimum absolute atomic E-state index is 0.0144. The number of sulfone groups is 1. The van der Waals surface area contributed by atoms with Crippen LogP contribution in [0, 0.1) is 5.92 Å². The first-order valence-corrected chi connectivity index (χ1v) is 13.1. The fraction of sp³-hybridized carbons (Fsp3) is 0.619. The molecule has 172 valence electrons. The Morgan fingerprint density at radius 3 is 2.55 bits per heavy atom. The standard InChI is InChI=1S/C21H28Cl2N2O5S/c1-14(16-9-19(18(23)10-17(16)22)30-12-15-5-6-15)13-31(28,29)8-4-2-3-7-25-11-20(26)24-21(25)27/h9-10,14-15H,2-8,11-13H2,1H3,(H,24,26,27)/t14-/m0/s1. The number of amides is 3. The van der Waals surface area contributed by atoms with Crippen LogP contribution in [0.3, 0.4) is 0 Å². The molecule has 3 rings (SSSR count). The van der Waals surface area contributed by atoms with Crippen LogP contribution in [-0.2, 0) is 14.6 Å². The molecule has 1 atom stereocenters. The Kier molecular flexibility index (Phi) is 8.10. The average Bonchev–Trinajstić information content (AvgIpc) is 3.44. The predicted octanol–water partition coefficient (Wildman–Crippen LogP) is 4.02. The van der Waals surface area contributed by atoms with Crippen LogP contribution in [0.5, 0.6) is 5.75 Å². The maximum atomic E-state index is 12.6. The van der Waals surface area contributed by atoms with Crippen molar-refractivity contribution in [3.05, 3.63) is 27.7 Å². The lowest BCUT2D eigenvalue weighted by Crippen LogP contribution is -2.29. The number of rotatable bonds is 12. The highest BCUT2D eigenvalue weighted by Gasteiger charge is 2.26. The van der Waals surface area contributed by atoms with Gasteiger partial charge in [-0.1, -0.05) is 36.5 Å². The van der Waals surface area contributed by atoms with Gasteiger partial charge in [0.15, 0.2) is 9.84 Å². The molecule has 1 aromatic carbocycles. The summed E-state index contributed by atoms with van der Waals surface area (Å²) in [5.74, 6) is 0.578. The second-order valence-electron chi connectivity index (χ2n) is 8.41. The highest BCUT2D eigenvalue weighted by Crippen LogP contribution is 2.37. The molecule has 0 aromatic heterocycles. The van der Waals surface area contributed by atoms with Crippen molar-refractivity contribution in [3.63, 3.8) is 0 Å². The van der Waals surface area contributed by atoms with E-state index in [1.54, 1.807) is 12.1 Å². The maximum Gasteiger partial charge on any atom is 0.324 e. The second kappa shape index (κ2) is 10.4.